The summed E-state index contributed by atoms with van der Waals surface area (Å²) in [4.78, 5) is 44.4. The minimum atomic E-state index is -1.22. The smallest absolute Gasteiger partial charge is 0.325 e. The predicted molar refractivity (Wildman–Crippen MR) is 75.9 cm³/mol. The molecule has 3 atom stereocenters. The molecule has 3 unspecified atom stereocenters. The third-order valence-corrected chi connectivity index (χ3v) is 2.93. The van der Waals surface area contributed by atoms with Gasteiger partial charge in [0.25, 0.3) is 0 Å². The highest BCUT2D eigenvalue weighted by Gasteiger charge is 2.23. The van der Waals surface area contributed by atoms with E-state index >= 15 is 0 Å². The third kappa shape index (κ3) is 7.51. The molecule has 0 heterocycles. The van der Waals surface area contributed by atoms with Crippen molar-refractivity contribution in [2.75, 3.05) is 5.75 Å². The number of carboxylic acid groups (broad SMARTS) is 2. The van der Waals surface area contributed by atoms with Crippen LogP contribution >= 0.6 is 12.6 Å². The largest absolute Gasteiger partial charge is 0.480 e. The van der Waals surface area contributed by atoms with Gasteiger partial charge < -0.3 is 26.6 Å². The maximum Gasteiger partial charge on any atom is 0.325 e. The van der Waals surface area contributed by atoms with Crippen molar-refractivity contribution < 1.29 is 29.4 Å². The number of amides is 2. The Kier molecular flexibility index (Phi) is 8.39. The molecule has 0 aliphatic carbocycles. The number of nitrogens with two attached hydrogens (primary N) is 1. The second-order valence-electron chi connectivity index (χ2n) is 4.35. The molecule has 0 spiro atoms. The summed E-state index contributed by atoms with van der Waals surface area (Å²) >= 11 is 3.90. The molecule has 9 nitrogen and oxygen atoms in total. The fraction of sp³-hybridized carbons (Fsp3) is 0.636. The molecule has 0 radical (unpaired) electrons. The van der Waals surface area contributed by atoms with Crippen molar-refractivity contribution in [3.63, 3.8) is 0 Å². The standard InChI is InChI=1S/C11H19N3O6S/c1-5(10(17)18)13-9(16)7(4-21)14-8(15)3-2-6(12)11(19)20/h5-7,21H,2-4,12H2,1H3,(H,13,16)(H,14,15)(H,17,18)(H,19,20). The molecule has 0 saturated carbocycles. The number of carbonyl (C=O) groups excluding carboxylic acids is 2. The predicted octanol–water partition coefficient (Wildman–Crippen LogP) is -1.82. The fourth-order valence-electron chi connectivity index (χ4n) is 1.25. The lowest BCUT2D eigenvalue weighted by Gasteiger charge is -2.18. The highest BCUT2D eigenvalue weighted by atomic mass is 32.1. The molecule has 6 N–H and O–H groups in total. The Morgan fingerprint density at radius 3 is 2.14 bits per heavy atom. The Hall–Kier alpha value is -1.81. The molecule has 0 aliphatic heterocycles. The van der Waals surface area contributed by atoms with Gasteiger partial charge >= 0.3 is 11.9 Å². The van der Waals surface area contributed by atoms with E-state index in [1.165, 1.54) is 6.92 Å². The van der Waals surface area contributed by atoms with E-state index in [0.29, 0.717) is 0 Å². The van der Waals surface area contributed by atoms with Gasteiger partial charge in [0.2, 0.25) is 11.8 Å². The van der Waals surface area contributed by atoms with Gasteiger partial charge in [0.1, 0.15) is 18.1 Å². The second kappa shape index (κ2) is 9.19. The Labute approximate surface area is 126 Å². The molecule has 0 aromatic carbocycles. The summed E-state index contributed by atoms with van der Waals surface area (Å²) < 4.78 is 0. The Balaban J connectivity index is 4.36. The highest BCUT2D eigenvalue weighted by molar-refractivity contribution is 7.80. The van der Waals surface area contributed by atoms with Crippen LogP contribution in [0.3, 0.4) is 0 Å². The topological polar surface area (TPSA) is 159 Å². The number of nitrogens with one attached hydrogen (secondary N) is 2. The van der Waals surface area contributed by atoms with Crippen molar-refractivity contribution in [3.05, 3.63) is 0 Å². The van der Waals surface area contributed by atoms with Gasteiger partial charge in [-0.25, -0.2) is 0 Å². The molecule has 0 bridgehead atoms. The monoisotopic (exact) mass is 321 g/mol. The summed E-state index contributed by atoms with van der Waals surface area (Å²) in [7, 11) is 0. The van der Waals surface area contributed by atoms with Crippen molar-refractivity contribution >= 4 is 36.4 Å². The summed E-state index contributed by atoms with van der Waals surface area (Å²) in [5.74, 6) is -3.71. The molecule has 0 saturated heterocycles. The maximum atomic E-state index is 11.7. The maximum absolute atomic E-state index is 11.7. The third-order valence-electron chi connectivity index (χ3n) is 2.56. The Morgan fingerprint density at radius 2 is 1.71 bits per heavy atom. The summed E-state index contributed by atoms with van der Waals surface area (Å²) in [6, 6.07) is -3.27. The van der Waals surface area contributed by atoms with Crippen LogP contribution < -0.4 is 16.4 Å². The number of hydrogen-bond acceptors (Lipinski definition) is 6. The first-order valence-corrected chi connectivity index (χ1v) is 6.74. The van der Waals surface area contributed by atoms with E-state index in [1.807, 2.05) is 0 Å². The van der Waals surface area contributed by atoms with Gasteiger partial charge in [0.05, 0.1) is 0 Å². The molecule has 0 aromatic rings. The van der Waals surface area contributed by atoms with Crippen LogP contribution in [0.15, 0.2) is 0 Å². The van der Waals surface area contributed by atoms with Gasteiger partial charge in [0, 0.05) is 12.2 Å². The van der Waals surface area contributed by atoms with E-state index < -0.39 is 41.9 Å². The van der Waals surface area contributed by atoms with Gasteiger partial charge in [-0.05, 0) is 13.3 Å². The minimum absolute atomic E-state index is 0.0328. The molecule has 0 rings (SSSR count). The van der Waals surface area contributed by atoms with Gasteiger partial charge in [-0.3, -0.25) is 19.2 Å². The van der Waals surface area contributed by atoms with Crippen LogP contribution in [0.1, 0.15) is 19.8 Å². The van der Waals surface area contributed by atoms with E-state index in [2.05, 4.69) is 23.3 Å². The molecule has 0 fully saturated rings. The quantitative estimate of drug-likeness (QED) is 0.273. The first kappa shape index (κ1) is 19.2. The molecule has 21 heavy (non-hydrogen) atoms. The molecular weight excluding hydrogens is 302 g/mol. The first-order chi connectivity index (χ1) is 9.68. The van der Waals surface area contributed by atoms with Crippen molar-refractivity contribution in [2.45, 2.75) is 37.9 Å². The van der Waals surface area contributed by atoms with E-state index in [4.69, 9.17) is 15.9 Å². The first-order valence-electron chi connectivity index (χ1n) is 6.10. The van der Waals surface area contributed by atoms with Gasteiger partial charge in [0.15, 0.2) is 0 Å². The Morgan fingerprint density at radius 1 is 1.14 bits per heavy atom. The number of aliphatic carboxylic acids is 2. The summed E-state index contributed by atoms with van der Waals surface area (Å²) in [6.07, 6.45) is -0.243. The number of hydrogen-bond donors (Lipinski definition) is 6. The van der Waals surface area contributed by atoms with Crippen molar-refractivity contribution in [1.29, 1.82) is 0 Å². The van der Waals surface area contributed by atoms with Gasteiger partial charge in [-0.15, -0.1) is 0 Å². The zero-order valence-corrected chi connectivity index (χ0v) is 12.3. The summed E-state index contributed by atoms with van der Waals surface area (Å²) in [5.41, 5.74) is 5.25. The van der Waals surface area contributed by atoms with Crippen molar-refractivity contribution in [3.8, 4) is 0 Å². The average Bonchev–Trinajstić information content (AvgIpc) is 2.41. The number of thiol groups is 1. The fourth-order valence-corrected chi connectivity index (χ4v) is 1.50. The van der Waals surface area contributed by atoms with Crippen LogP contribution in [0, 0.1) is 0 Å². The molecular formula is C11H19N3O6S. The number of rotatable bonds is 9. The van der Waals surface area contributed by atoms with Crippen LogP contribution in [0.2, 0.25) is 0 Å². The highest BCUT2D eigenvalue weighted by Crippen LogP contribution is 1.98. The lowest BCUT2D eigenvalue weighted by Crippen LogP contribution is -2.51. The van der Waals surface area contributed by atoms with Crippen LogP contribution in [0.5, 0.6) is 0 Å². The zero-order chi connectivity index (χ0) is 16.6. The number of carbonyl (C=O) groups is 4. The minimum Gasteiger partial charge on any atom is -0.480 e. The summed E-state index contributed by atoms with van der Waals surface area (Å²) in [5, 5.41) is 21.8. The molecule has 0 aliphatic rings. The van der Waals surface area contributed by atoms with E-state index in [0.717, 1.165) is 0 Å². The van der Waals surface area contributed by atoms with Crippen LogP contribution in [0.4, 0.5) is 0 Å². The lowest BCUT2D eigenvalue weighted by atomic mass is 10.1. The molecule has 2 amide bonds. The second-order valence-corrected chi connectivity index (χ2v) is 4.72. The normalized spacial score (nSPS) is 14.6. The van der Waals surface area contributed by atoms with Gasteiger partial charge in [-0.1, -0.05) is 0 Å². The Bertz CT molecular complexity index is 417. The SMILES string of the molecule is CC(NC(=O)C(CS)NC(=O)CCC(N)C(=O)O)C(=O)O. The lowest BCUT2D eigenvalue weighted by molar-refractivity contribution is -0.141. The molecule has 0 aromatic heterocycles. The van der Waals surface area contributed by atoms with E-state index in [9.17, 15) is 19.2 Å². The van der Waals surface area contributed by atoms with E-state index in [1.54, 1.807) is 0 Å². The molecule has 10 heteroatoms. The average molecular weight is 321 g/mol. The van der Waals surface area contributed by atoms with Crippen LogP contribution in [-0.4, -0.2) is 57.8 Å². The zero-order valence-electron chi connectivity index (χ0n) is 11.4. The van der Waals surface area contributed by atoms with Gasteiger partial charge in [-0.2, -0.15) is 12.6 Å². The van der Waals surface area contributed by atoms with Crippen LogP contribution in [-0.2, 0) is 19.2 Å². The van der Waals surface area contributed by atoms with Crippen molar-refractivity contribution in [1.82, 2.24) is 10.6 Å². The van der Waals surface area contributed by atoms with Crippen LogP contribution in [0.25, 0.3) is 0 Å². The van der Waals surface area contributed by atoms with Crippen molar-refractivity contribution in [2.24, 2.45) is 5.73 Å². The summed E-state index contributed by atoms with van der Waals surface area (Å²) in [6.45, 7) is 1.28. The number of carboxylic acids is 2. The molecule has 120 valence electrons. The van der Waals surface area contributed by atoms with E-state index in [-0.39, 0.29) is 18.6 Å².